The fourth-order valence-corrected chi connectivity index (χ4v) is 0.907. The minimum atomic E-state index is 0.368. The van der Waals surface area contributed by atoms with Crippen LogP contribution in [0.5, 0.6) is 0 Å². The van der Waals surface area contributed by atoms with Crippen LogP contribution in [0.1, 0.15) is 12.7 Å². The predicted octanol–water partition coefficient (Wildman–Crippen LogP) is 0.108. The summed E-state index contributed by atoms with van der Waals surface area (Å²) in [5, 5.41) is 11.6. The van der Waals surface area contributed by atoms with Gasteiger partial charge in [-0.15, -0.1) is 0 Å². The molecular formula is C6H10N4O3S. The average molecular weight is 218 g/mol. The number of nitrogens with two attached hydrogens (primary N) is 1. The van der Waals surface area contributed by atoms with Crippen LogP contribution in [-0.2, 0) is 9.53 Å². The highest BCUT2D eigenvalue weighted by atomic mass is 32.1. The normalized spacial score (nSPS) is 10.0. The van der Waals surface area contributed by atoms with Gasteiger partial charge in [0.15, 0.2) is 11.0 Å². The molecule has 3 N–H and O–H groups in total. The van der Waals surface area contributed by atoms with Crippen LogP contribution in [-0.4, -0.2) is 33.9 Å². The van der Waals surface area contributed by atoms with Crippen LogP contribution >= 0.6 is 11.5 Å². The van der Waals surface area contributed by atoms with Gasteiger partial charge in [-0.1, -0.05) is 5.16 Å². The molecule has 7 nitrogen and oxygen atoms in total. The Hall–Kier alpha value is -1.70. The molecular weight excluding hydrogens is 208 g/mol. The van der Waals surface area contributed by atoms with Crippen molar-refractivity contribution >= 4 is 28.8 Å². The Labute approximate surface area is 84.4 Å². The van der Waals surface area contributed by atoms with Gasteiger partial charge in [0, 0.05) is 11.5 Å². The van der Waals surface area contributed by atoms with Crippen molar-refractivity contribution in [2.24, 2.45) is 5.16 Å². The van der Waals surface area contributed by atoms with Crippen molar-refractivity contribution < 1.29 is 14.7 Å². The van der Waals surface area contributed by atoms with Crippen LogP contribution in [0, 0.1) is 0 Å². The quantitative estimate of drug-likeness (QED) is 0.315. The van der Waals surface area contributed by atoms with Gasteiger partial charge in [0.25, 0.3) is 6.47 Å². The highest BCUT2D eigenvalue weighted by molar-refractivity contribution is 7.09. The molecule has 14 heavy (non-hydrogen) atoms. The number of rotatable bonds is 2. The fraction of sp³-hybridized carbons (Fsp3) is 0.333. The van der Waals surface area contributed by atoms with E-state index in [1.807, 2.05) is 0 Å². The van der Waals surface area contributed by atoms with Crippen LogP contribution in [0.4, 0.5) is 5.13 Å². The smallest absolute Gasteiger partial charge is 0.292 e. The number of ether oxygens (including phenoxy) is 1. The second kappa shape index (κ2) is 6.78. The minimum absolute atomic E-state index is 0.368. The number of nitrogens with zero attached hydrogens (tertiary/aromatic N) is 3. The Balaban J connectivity index is 0.000000364. The molecule has 0 spiro atoms. The van der Waals surface area contributed by atoms with E-state index in [0.29, 0.717) is 23.1 Å². The van der Waals surface area contributed by atoms with Crippen LogP contribution < -0.4 is 5.73 Å². The molecule has 0 atom stereocenters. The van der Waals surface area contributed by atoms with Gasteiger partial charge in [-0.2, -0.15) is 9.36 Å². The van der Waals surface area contributed by atoms with Gasteiger partial charge in [0.2, 0.25) is 0 Å². The van der Waals surface area contributed by atoms with E-state index in [2.05, 4.69) is 19.3 Å². The van der Waals surface area contributed by atoms with Gasteiger partial charge in [-0.3, -0.25) is 4.79 Å². The minimum Gasteiger partial charge on any atom is -0.471 e. The Morgan fingerprint density at radius 3 is 2.64 bits per heavy atom. The van der Waals surface area contributed by atoms with Crippen molar-refractivity contribution in [1.29, 1.82) is 0 Å². The molecule has 0 aliphatic heterocycles. The van der Waals surface area contributed by atoms with E-state index in [-0.39, 0.29) is 0 Å². The standard InChI is InChI=1S/C4H6N4OS.C2H4O2/c1-2(7-9)3-6-4(5)10-8-3;1-4-2-3/h9H,1H3,(H2,5,6,8);2H,1H3/b7-2-;. The van der Waals surface area contributed by atoms with Crippen LogP contribution in [0.2, 0.25) is 0 Å². The number of anilines is 1. The maximum atomic E-state index is 8.95. The van der Waals surface area contributed by atoms with E-state index in [0.717, 1.165) is 11.5 Å². The van der Waals surface area contributed by atoms with Crippen molar-refractivity contribution in [3.05, 3.63) is 5.82 Å². The molecule has 0 radical (unpaired) electrons. The molecule has 0 amide bonds. The first kappa shape index (κ1) is 12.3. The molecule has 0 unspecified atom stereocenters. The fourth-order valence-electron chi connectivity index (χ4n) is 0.427. The zero-order valence-electron chi connectivity index (χ0n) is 7.67. The second-order valence-electron chi connectivity index (χ2n) is 1.97. The molecule has 8 heteroatoms. The second-order valence-corrected chi connectivity index (χ2v) is 2.76. The number of hydrogen-bond donors (Lipinski definition) is 2. The molecule has 1 heterocycles. The molecule has 0 fully saturated rings. The maximum Gasteiger partial charge on any atom is 0.292 e. The number of hydrogen-bond acceptors (Lipinski definition) is 8. The van der Waals surface area contributed by atoms with Gasteiger partial charge >= 0.3 is 0 Å². The number of oxime groups is 1. The molecule has 1 aromatic rings. The number of methoxy groups -OCH3 is 1. The number of aromatic nitrogens is 2. The summed E-state index contributed by atoms with van der Waals surface area (Å²) in [6.07, 6.45) is 0. The lowest BCUT2D eigenvalue weighted by atomic mass is 10.4. The molecule has 0 saturated heterocycles. The summed E-state index contributed by atoms with van der Waals surface area (Å²) >= 11 is 1.07. The van der Waals surface area contributed by atoms with Crippen molar-refractivity contribution in [2.45, 2.75) is 6.92 Å². The Bertz CT molecular complexity index is 312. The Kier molecular flexibility index (Phi) is 5.95. The van der Waals surface area contributed by atoms with E-state index in [1.165, 1.54) is 7.11 Å². The third kappa shape index (κ3) is 4.36. The summed E-state index contributed by atoms with van der Waals surface area (Å²) in [5.41, 5.74) is 5.65. The van der Waals surface area contributed by atoms with E-state index < -0.39 is 0 Å². The lowest BCUT2D eigenvalue weighted by Gasteiger charge is -1.84. The van der Waals surface area contributed by atoms with Gasteiger partial charge in [0.1, 0.15) is 5.71 Å². The summed E-state index contributed by atoms with van der Waals surface area (Å²) in [6, 6.07) is 0. The van der Waals surface area contributed by atoms with E-state index in [9.17, 15) is 0 Å². The largest absolute Gasteiger partial charge is 0.471 e. The van der Waals surface area contributed by atoms with E-state index in [1.54, 1.807) is 6.92 Å². The van der Waals surface area contributed by atoms with Gasteiger partial charge in [-0.25, -0.2) is 0 Å². The summed E-state index contributed by atoms with van der Waals surface area (Å²) < 4.78 is 7.66. The summed E-state index contributed by atoms with van der Waals surface area (Å²) in [4.78, 5) is 12.7. The summed E-state index contributed by atoms with van der Waals surface area (Å²) in [5.74, 6) is 0.380. The third-order valence-electron chi connectivity index (χ3n) is 1.01. The number of nitrogen functional groups attached to an aromatic ring is 1. The van der Waals surface area contributed by atoms with Crippen molar-refractivity contribution in [3.63, 3.8) is 0 Å². The predicted molar refractivity (Wildman–Crippen MR) is 51.4 cm³/mol. The molecule has 1 rings (SSSR count). The summed E-state index contributed by atoms with van der Waals surface area (Å²) in [7, 11) is 1.31. The van der Waals surface area contributed by atoms with Crippen LogP contribution in [0.3, 0.4) is 0 Å². The van der Waals surface area contributed by atoms with Crippen molar-refractivity contribution in [2.75, 3.05) is 12.8 Å². The molecule has 1 aromatic heterocycles. The monoisotopic (exact) mass is 218 g/mol. The summed E-state index contributed by atoms with van der Waals surface area (Å²) in [6.45, 7) is 1.97. The maximum absolute atomic E-state index is 8.95. The zero-order valence-corrected chi connectivity index (χ0v) is 8.48. The van der Waals surface area contributed by atoms with E-state index in [4.69, 9.17) is 15.7 Å². The first-order valence-electron chi connectivity index (χ1n) is 3.40. The highest BCUT2D eigenvalue weighted by Crippen LogP contribution is 2.05. The first-order valence-corrected chi connectivity index (χ1v) is 4.17. The molecule has 0 saturated carbocycles. The van der Waals surface area contributed by atoms with Crippen molar-refractivity contribution in [3.8, 4) is 0 Å². The third-order valence-corrected chi connectivity index (χ3v) is 1.55. The lowest BCUT2D eigenvalue weighted by molar-refractivity contribution is -0.126. The molecule has 0 bridgehead atoms. The Morgan fingerprint density at radius 1 is 1.79 bits per heavy atom. The first-order chi connectivity index (χ1) is 6.65. The molecule has 78 valence electrons. The number of carbonyl (C=O) groups excluding carboxylic acids is 1. The molecule has 0 aliphatic rings. The molecule has 0 aliphatic carbocycles. The van der Waals surface area contributed by atoms with Crippen molar-refractivity contribution in [1.82, 2.24) is 9.36 Å². The average Bonchev–Trinajstić information content (AvgIpc) is 2.64. The van der Waals surface area contributed by atoms with Gasteiger partial charge in [0.05, 0.1) is 7.11 Å². The lowest BCUT2D eigenvalue weighted by Crippen LogP contribution is -1.97. The van der Waals surface area contributed by atoms with Gasteiger partial charge < -0.3 is 15.7 Å². The zero-order chi connectivity index (χ0) is 11.0. The molecule has 0 aromatic carbocycles. The topological polar surface area (TPSA) is 111 Å². The van der Waals surface area contributed by atoms with Crippen LogP contribution in [0.15, 0.2) is 5.16 Å². The highest BCUT2D eigenvalue weighted by Gasteiger charge is 2.03. The van der Waals surface area contributed by atoms with Crippen LogP contribution in [0.25, 0.3) is 0 Å². The number of carbonyl (C=O) groups is 1. The Morgan fingerprint density at radius 2 is 2.36 bits per heavy atom. The SMILES string of the molecule is C/C(=N/O)c1nsc(N)n1.COC=O. The van der Waals surface area contributed by atoms with E-state index >= 15 is 0 Å². The van der Waals surface area contributed by atoms with Gasteiger partial charge in [-0.05, 0) is 6.92 Å².